The van der Waals surface area contributed by atoms with Crippen LogP contribution in [0.25, 0.3) is 69.9 Å². The molecule has 0 aliphatic carbocycles. The van der Waals surface area contributed by atoms with Gasteiger partial charge in [-0.1, -0.05) is 146 Å². The number of nitrogens with zero attached hydrogens (tertiary/aromatic N) is 3. The average Bonchev–Trinajstić information content (AvgIpc) is 3.90. The standard InChI is InChI=1S/C60H41N3S/c1-5-16-42(17-6-1)43-28-31-49(32-29-43)62(50-25-15-18-44(38-50)45-30-35-54-53-26-13-14-27-57(53)63(58(54)39-45)48-23-11-4-12-24-48)52-33-36-55-56-40-51(34-37-59(56)64-60(55)41-52)61(46-19-7-2-8-20-46)47-21-9-3-10-22-47/h1-41H. The summed E-state index contributed by atoms with van der Waals surface area (Å²) < 4.78 is 4.90. The van der Waals surface area contributed by atoms with Gasteiger partial charge in [-0.15, -0.1) is 11.3 Å². The zero-order valence-electron chi connectivity index (χ0n) is 34.9. The van der Waals surface area contributed by atoms with Gasteiger partial charge in [0.15, 0.2) is 0 Å². The normalized spacial score (nSPS) is 11.4. The summed E-state index contributed by atoms with van der Waals surface area (Å²) in [4.78, 5) is 4.74. The third-order valence-corrected chi connectivity index (χ3v) is 13.5. The highest BCUT2D eigenvalue weighted by molar-refractivity contribution is 7.25. The van der Waals surface area contributed by atoms with Crippen LogP contribution in [0.3, 0.4) is 0 Å². The summed E-state index contributed by atoms with van der Waals surface area (Å²) in [6.07, 6.45) is 0. The van der Waals surface area contributed by atoms with Crippen LogP contribution >= 0.6 is 11.3 Å². The number of hydrogen-bond acceptors (Lipinski definition) is 3. The van der Waals surface area contributed by atoms with Gasteiger partial charge in [-0.2, -0.15) is 0 Å². The van der Waals surface area contributed by atoms with E-state index in [2.05, 4.69) is 263 Å². The molecule has 2 aromatic heterocycles. The molecule has 10 aromatic carbocycles. The van der Waals surface area contributed by atoms with E-state index in [1.54, 1.807) is 0 Å². The number of para-hydroxylation sites is 4. The largest absolute Gasteiger partial charge is 0.310 e. The maximum atomic E-state index is 2.40. The van der Waals surface area contributed by atoms with Crippen molar-refractivity contribution in [2.24, 2.45) is 0 Å². The molecule has 0 saturated carbocycles. The minimum absolute atomic E-state index is 1.10. The maximum absolute atomic E-state index is 2.40. The number of anilines is 6. The predicted octanol–water partition coefficient (Wildman–Crippen LogP) is 17.4. The zero-order chi connectivity index (χ0) is 42.4. The van der Waals surface area contributed by atoms with Crippen molar-refractivity contribution in [3.8, 4) is 27.9 Å². The molecule has 0 aliphatic heterocycles. The van der Waals surface area contributed by atoms with Crippen molar-refractivity contribution in [1.82, 2.24) is 4.57 Å². The minimum Gasteiger partial charge on any atom is -0.310 e. The average molecular weight is 836 g/mol. The Bertz CT molecular complexity index is 3560. The molecule has 0 radical (unpaired) electrons. The summed E-state index contributed by atoms with van der Waals surface area (Å²) in [6, 6.07) is 90.0. The Hall–Kier alpha value is -8.18. The molecule has 12 aromatic rings. The molecule has 0 aliphatic rings. The molecule has 302 valence electrons. The number of hydrogen-bond donors (Lipinski definition) is 0. The first kappa shape index (κ1) is 37.6. The summed E-state index contributed by atoms with van der Waals surface area (Å²) in [6.45, 7) is 0. The zero-order valence-corrected chi connectivity index (χ0v) is 35.7. The van der Waals surface area contributed by atoms with Crippen LogP contribution in [-0.2, 0) is 0 Å². The Morgan fingerprint density at radius 2 is 0.750 bits per heavy atom. The van der Waals surface area contributed by atoms with E-state index in [4.69, 9.17) is 0 Å². The van der Waals surface area contributed by atoms with E-state index in [-0.39, 0.29) is 0 Å². The van der Waals surface area contributed by atoms with Gasteiger partial charge in [0.05, 0.1) is 11.0 Å². The van der Waals surface area contributed by atoms with Gasteiger partial charge < -0.3 is 14.4 Å². The Balaban J connectivity index is 0.982. The summed E-state index contributed by atoms with van der Waals surface area (Å²) in [5, 5.41) is 5.01. The fraction of sp³-hybridized carbons (Fsp3) is 0. The number of thiophene rings is 1. The number of rotatable bonds is 9. The second-order valence-electron chi connectivity index (χ2n) is 16.2. The molecule has 0 amide bonds. The van der Waals surface area contributed by atoms with Crippen molar-refractivity contribution < 1.29 is 0 Å². The Kier molecular flexibility index (Phi) is 9.36. The number of fused-ring (bicyclic) bond motifs is 6. The van der Waals surface area contributed by atoms with Crippen molar-refractivity contribution in [1.29, 1.82) is 0 Å². The third kappa shape index (κ3) is 6.69. The van der Waals surface area contributed by atoms with Crippen LogP contribution in [0.2, 0.25) is 0 Å². The van der Waals surface area contributed by atoms with Crippen LogP contribution in [0.1, 0.15) is 0 Å². The van der Waals surface area contributed by atoms with E-state index in [1.807, 2.05) is 11.3 Å². The van der Waals surface area contributed by atoms with Gasteiger partial charge in [0, 0.05) is 70.8 Å². The molecule has 0 unspecified atom stereocenters. The van der Waals surface area contributed by atoms with E-state index in [1.165, 1.54) is 58.7 Å². The molecule has 2 heterocycles. The van der Waals surface area contributed by atoms with Crippen LogP contribution < -0.4 is 9.80 Å². The fourth-order valence-electron chi connectivity index (χ4n) is 9.34. The predicted molar refractivity (Wildman–Crippen MR) is 274 cm³/mol. The quantitative estimate of drug-likeness (QED) is 0.143. The molecular formula is C60H41N3S. The van der Waals surface area contributed by atoms with Crippen molar-refractivity contribution in [2.75, 3.05) is 9.80 Å². The lowest BCUT2D eigenvalue weighted by Crippen LogP contribution is -2.10. The van der Waals surface area contributed by atoms with E-state index in [0.717, 1.165) is 45.4 Å². The van der Waals surface area contributed by atoms with Crippen LogP contribution in [0, 0.1) is 0 Å². The fourth-order valence-corrected chi connectivity index (χ4v) is 10.5. The lowest BCUT2D eigenvalue weighted by molar-refractivity contribution is 1.18. The Morgan fingerprint density at radius 3 is 1.50 bits per heavy atom. The smallest absolute Gasteiger partial charge is 0.0547 e. The molecule has 0 N–H and O–H groups in total. The second-order valence-corrected chi connectivity index (χ2v) is 17.3. The van der Waals surface area contributed by atoms with Crippen LogP contribution in [0.4, 0.5) is 34.1 Å². The summed E-state index contributed by atoms with van der Waals surface area (Å²) in [5.41, 5.74) is 15.0. The molecule has 0 saturated heterocycles. The molecule has 12 rings (SSSR count). The lowest BCUT2D eigenvalue weighted by atomic mass is 10.0. The molecule has 4 heteroatoms. The van der Waals surface area contributed by atoms with Crippen molar-refractivity contribution in [2.45, 2.75) is 0 Å². The van der Waals surface area contributed by atoms with Crippen LogP contribution in [0.5, 0.6) is 0 Å². The minimum atomic E-state index is 1.10. The van der Waals surface area contributed by atoms with Gasteiger partial charge >= 0.3 is 0 Å². The maximum Gasteiger partial charge on any atom is 0.0547 e. The van der Waals surface area contributed by atoms with Gasteiger partial charge in [0.25, 0.3) is 0 Å². The summed E-state index contributed by atoms with van der Waals surface area (Å²) in [5.74, 6) is 0. The highest BCUT2D eigenvalue weighted by atomic mass is 32.1. The molecule has 3 nitrogen and oxygen atoms in total. The van der Waals surface area contributed by atoms with E-state index in [0.29, 0.717) is 0 Å². The Labute approximate surface area is 376 Å². The summed E-state index contributed by atoms with van der Waals surface area (Å²) >= 11 is 1.85. The highest BCUT2D eigenvalue weighted by Crippen LogP contribution is 2.45. The van der Waals surface area contributed by atoms with Gasteiger partial charge in [-0.3, -0.25) is 0 Å². The first-order valence-corrected chi connectivity index (χ1v) is 22.6. The first-order valence-electron chi connectivity index (χ1n) is 21.7. The lowest BCUT2D eigenvalue weighted by Gasteiger charge is -2.26. The second kappa shape index (κ2) is 15.9. The van der Waals surface area contributed by atoms with E-state index >= 15 is 0 Å². The van der Waals surface area contributed by atoms with Crippen molar-refractivity contribution in [3.63, 3.8) is 0 Å². The van der Waals surface area contributed by atoms with Crippen LogP contribution in [-0.4, -0.2) is 4.57 Å². The molecular weight excluding hydrogens is 795 g/mol. The molecule has 0 spiro atoms. The number of benzene rings is 10. The van der Waals surface area contributed by atoms with E-state index in [9.17, 15) is 0 Å². The van der Waals surface area contributed by atoms with Crippen molar-refractivity contribution >= 4 is 87.4 Å². The van der Waals surface area contributed by atoms with Crippen molar-refractivity contribution in [3.05, 3.63) is 249 Å². The van der Waals surface area contributed by atoms with Gasteiger partial charge in [-0.05, 0) is 125 Å². The monoisotopic (exact) mass is 835 g/mol. The number of aromatic nitrogens is 1. The highest BCUT2D eigenvalue weighted by Gasteiger charge is 2.19. The van der Waals surface area contributed by atoms with Gasteiger partial charge in [0.2, 0.25) is 0 Å². The summed E-state index contributed by atoms with van der Waals surface area (Å²) in [7, 11) is 0. The topological polar surface area (TPSA) is 11.4 Å². The van der Waals surface area contributed by atoms with E-state index < -0.39 is 0 Å². The molecule has 0 atom stereocenters. The van der Waals surface area contributed by atoms with Gasteiger partial charge in [0.1, 0.15) is 0 Å². The SMILES string of the molecule is c1ccc(-c2ccc(N(c3cccc(-c4ccc5c6ccccc6n(-c6ccccc6)c5c4)c3)c3ccc4c(c3)sc3ccc(N(c5ccccc5)c5ccccc5)cc34)cc2)cc1. The molecule has 0 fully saturated rings. The molecule has 0 bridgehead atoms. The van der Waals surface area contributed by atoms with Crippen LogP contribution in [0.15, 0.2) is 249 Å². The Morgan fingerprint density at radius 1 is 0.266 bits per heavy atom. The first-order chi connectivity index (χ1) is 31.7. The van der Waals surface area contributed by atoms with Gasteiger partial charge in [-0.25, -0.2) is 0 Å². The third-order valence-electron chi connectivity index (χ3n) is 12.3. The molecule has 64 heavy (non-hydrogen) atoms.